The summed E-state index contributed by atoms with van der Waals surface area (Å²) in [5.41, 5.74) is 1.92. The number of rotatable bonds is 4. The fourth-order valence-corrected chi connectivity index (χ4v) is 2.99. The Balaban J connectivity index is 0.00000225. The topological polar surface area (TPSA) is 81.1 Å². The number of carbonyl (C=O) groups excluding carboxylic acids is 1. The maximum absolute atomic E-state index is 12.5. The molecule has 1 aromatic carbocycles. The Morgan fingerprint density at radius 2 is 2.08 bits per heavy atom. The third kappa shape index (κ3) is 4.11. The number of benzene rings is 1. The van der Waals surface area contributed by atoms with Gasteiger partial charge in [0, 0.05) is 12.1 Å². The molecule has 136 valence electrons. The van der Waals surface area contributed by atoms with Gasteiger partial charge < -0.3 is 15.4 Å². The monoisotopic (exact) mass is 365 g/mol. The minimum atomic E-state index is -0.173. The smallest absolute Gasteiger partial charge is 0.274 e. The summed E-state index contributed by atoms with van der Waals surface area (Å²) in [4.78, 5) is 12.5. The van der Waals surface area contributed by atoms with Crippen LogP contribution in [0.3, 0.4) is 0 Å². The summed E-state index contributed by atoms with van der Waals surface area (Å²) in [5.74, 6) is 0.598. The zero-order valence-corrected chi connectivity index (χ0v) is 15.5. The maximum Gasteiger partial charge on any atom is 0.274 e. The molecule has 1 amide bonds. The molecule has 8 heteroatoms. The zero-order valence-electron chi connectivity index (χ0n) is 14.7. The first-order chi connectivity index (χ1) is 11.6. The van der Waals surface area contributed by atoms with Gasteiger partial charge in [0.15, 0.2) is 5.69 Å². The summed E-state index contributed by atoms with van der Waals surface area (Å²) in [6.07, 6.45) is 2.04. The standard InChI is InChI=1S/C17H23N5O2.ClH/c1-11-15(5-4-10-18-11)19-17(23)16-12(2)22(21-20-16)13-6-8-14(24-3)9-7-13;/h6-9,11,15,18H,4-5,10H2,1-3H3,(H,19,23);1H. The van der Waals surface area contributed by atoms with Gasteiger partial charge in [-0.25, -0.2) is 4.68 Å². The van der Waals surface area contributed by atoms with E-state index in [1.807, 2.05) is 31.2 Å². The van der Waals surface area contributed by atoms with E-state index in [2.05, 4.69) is 27.9 Å². The summed E-state index contributed by atoms with van der Waals surface area (Å²) < 4.78 is 6.82. The third-order valence-electron chi connectivity index (χ3n) is 4.50. The van der Waals surface area contributed by atoms with Crippen LogP contribution in [-0.4, -0.2) is 46.6 Å². The van der Waals surface area contributed by atoms with Gasteiger partial charge in [0.25, 0.3) is 5.91 Å². The van der Waals surface area contributed by atoms with Crippen molar-refractivity contribution in [3.8, 4) is 11.4 Å². The minimum Gasteiger partial charge on any atom is -0.497 e. The number of nitrogens with zero attached hydrogens (tertiary/aromatic N) is 3. The van der Waals surface area contributed by atoms with Crippen molar-refractivity contribution in [2.24, 2.45) is 0 Å². The molecular weight excluding hydrogens is 342 g/mol. The highest BCUT2D eigenvalue weighted by atomic mass is 35.5. The lowest BCUT2D eigenvalue weighted by Gasteiger charge is -2.30. The van der Waals surface area contributed by atoms with E-state index in [9.17, 15) is 4.79 Å². The summed E-state index contributed by atoms with van der Waals surface area (Å²) in [5, 5.41) is 14.6. The van der Waals surface area contributed by atoms with Crippen LogP contribution in [0.1, 0.15) is 35.9 Å². The van der Waals surface area contributed by atoms with Crippen LogP contribution in [0.2, 0.25) is 0 Å². The van der Waals surface area contributed by atoms with Gasteiger partial charge in [-0.15, -0.1) is 17.5 Å². The van der Waals surface area contributed by atoms with Gasteiger partial charge in [-0.1, -0.05) is 5.21 Å². The Morgan fingerprint density at radius 1 is 1.36 bits per heavy atom. The molecule has 2 unspecified atom stereocenters. The number of halogens is 1. The molecule has 2 atom stereocenters. The molecule has 1 saturated heterocycles. The van der Waals surface area contributed by atoms with Gasteiger partial charge in [-0.05, 0) is 57.5 Å². The molecule has 2 heterocycles. The van der Waals surface area contributed by atoms with Crippen LogP contribution in [0.5, 0.6) is 5.75 Å². The maximum atomic E-state index is 12.5. The van der Waals surface area contributed by atoms with Gasteiger partial charge in [0.2, 0.25) is 0 Å². The molecule has 7 nitrogen and oxygen atoms in total. The Kier molecular flexibility index (Phi) is 6.39. The van der Waals surface area contributed by atoms with Crippen molar-refractivity contribution < 1.29 is 9.53 Å². The largest absolute Gasteiger partial charge is 0.497 e. The van der Waals surface area contributed by atoms with E-state index in [0.717, 1.165) is 30.8 Å². The molecule has 2 aromatic rings. The van der Waals surface area contributed by atoms with E-state index in [1.165, 1.54) is 0 Å². The van der Waals surface area contributed by atoms with Crippen LogP contribution in [0.4, 0.5) is 0 Å². The van der Waals surface area contributed by atoms with E-state index >= 15 is 0 Å². The van der Waals surface area contributed by atoms with Gasteiger partial charge in [-0.2, -0.15) is 0 Å². The van der Waals surface area contributed by atoms with E-state index in [1.54, 1.807) is 11.8 Å². The summed E-state index contributed by atoms with van der Waals surface area (Å²) in [6, 6.07) is 7.86. The number of nitrogens with one attached hydrogen (secondary N) is 2. The van der Waals surface area contributed by atoms with Gasteiger partial charge in [0.1, 0.15) is 5.75 Å². The molecule has 25 heavy (non-hydrogen) atoms. The summed E-state index contributed by atoms with van der Waals surface area (Å²) in [6.45, 7) is 4.94. The van der Waals surface area contributed by atoms with Crippen molar-refractivity contribution in [1.29, 1.82) is 0 Å². The zero-order chi connectivity index (χ0) is 17.1. The van der Waals surface area contributed by atoms with Crippen molar-refractivity contribution in [2.75, 3.05) is 13.7 Å². The summed E-state index contributed by atoms with van der Waals surface area (Å²) >= 11 is 0. The van der Waals surface area contributed by atoms with Gasteiger partial charge in [-0.3, -0.25) is 4.79 Å². The predicted octanol–water partition coefficient (Wildman–Crippen LogP) is 1.88. The number of methoxy groups -OCH3 is 1. The molecule has 0 bridgehead atoms. The fourth-order valence-electron chi connectivity index (χ4n) is 2.99. The van der Waals surface area contributed by atoms with E-state index in [-0.39, 0.29) is 30.4 Å². The first-order valence-corrected chi connectivity index (χ1v) is 8.21. The Hall–Kier alpha value is -2.12. The number of ether oxygens (including phenoxy) is 1. The summed E-state index contributed by atoms with van der Waals surface area (Å²) in [7, 11) is 1.62. The number of hydrogen-bond acceptors (Lipinski definition) is 5. The number of carbonyl (C=O) groups is 1. The first-order valence-electron chi connectivity index (χ1n) is 8.21. The Labute approximate surface area is 153 Å². The number of amides is 1. The van der Waals surface area contributed by atoms with Crippen molar-refractivity contribution in [3.63, 3.8) is 0 Å². The number of aromatic nitrogens is 3. The molecule has 3 rings (SSSR count). The van der Waals surface area contributed by atoms with Crippen molar-refractivity contribution in [3.05, 3.63) is 35.7 Å². The van der Waals surface area contributed by atoms with E-state index in [4.69, 9.17) is 4.74 Å². The van der Waals surface area contributed by atoms with Crippen LogP contribution in [0.15, 0.2) is 24.3 Å². The Bertz CT molecular complexity index is 716. The molecule has 0 aliphatic carbocycles. The number of hydrogen-bond donors (Lipinski definition) is 2. The van der Waals surface area contributed by atoms with Crippen molar-refractivity contribution in [2.45, 2.75) is 38.8 Å². The lowest BCUT2D eigenvalue weighted by molar-refractivity contribution is 0.0914. The van der Waals surface area contributed by atoms with Gasteiger partial charge in [0.05, 0.1) is 18.5 Å². The second-order valence-electron chi connectivity index (χ2n) is 6.10. The molecule has 1 fully saturated rings. The number of piperidine rings is 1. The van der Waals surface area contributed by atoms with Crippen LogP contribution >= 0.6 is 12.4 Å². The highest BCUT2D eigenvalue weighted by Crippen LogP contribution is 2.17. The second-order valence-corrected chi connectivity index (χ2v) is 6.10. The van der Waals surface area contributed by atoms with E-state index < -0.39 is 0 Å². The van der Waals surface area contributed by atoms with Crippen molar-refractivity contribution in [1.82, 2.24) is 25.6 Å². The molecule has 1 aliphatic heterocycles. The van der Waals surface area contributed by atoms with Crippen LogP contribution in [-0.2, 0) is 0 Å². The SMILES string of the molecule is COc1ccc(-n2nnc(C(=O)NC3CCCNC3C)c2C)cc1.Cl. The average molecular weight is 366 g/mol. The fraction of sp³-hybridized carbons (Fsp3) is 0.471. The molecule has 1 aromatic heterocycles. The van der Waals surface area contributed by atoms with Crippen LogP contribution < -0.4 is 15.4 Å². The van der Waals surface area contributed by atoms with Crippen LogP contribution in [0, 0.1) is 6.92 Å². The molecule has 1 aliphatic rings. The Morgan fingerprint density at radius 3 is 2.72 bits per heavy atom. The average Bonchev–Trinajstić information content (AvgIpc) is 2.98. The van der Waals surface area contributed by atoms with Crippen molar-refractivity contribution >= 4 is 18.3 Å². The molecular formula is C17H24ClN5O2. The second kappa shape index (κ2) is 8.31. The molecule has 2 N–H and O–H groups in total. The van der Waals surface area contributed by atoms with E-state index in [0.29, 0.717) is 11.4 Å². The highest BCUT2D eigenvalue weighted by Gasteiger charge is 2.25. The predicted molar refractivity (Wildman–Crippen MR) is 97.8 cm³/mol. The molecule has 0 spiro atoms. The normalized spacial score (nSPS) is 19.8. The lowest BCUT2D eigenvalue weighted by atomic mass is 10.00. The quantitative estimate of drug-likeness (QED) is 0.864. The van der Waals surface area contributed by atoms with Crippen LogP contribution in [0.25, 0.3) is 5.69 Å². The first kappa shape index (κ1) is 19.2. The highest BCUT2D eigenvalue weighted by molar-refractivity contribution is 5.93. The minimum absolute atomic E-state index is 0. The third-order valence-corrected chi connectivity index (χ3v) is 4.50. The molecule has 0 saturated carbocycles. The van der Waals surface area contributed by atoms with Gasteiger partial charge >= 0.3 is 0 Å². The molecule has 0 radical (unpaired) electrons. The lowest BCUT2D eigenvalue weighted by Crippen LogP contribution is -2.52.